The molecule has 1 unspecified atom stereocenters. The number of carboxylic acids is 2. The van der Waals surface area contributed by atoms with Gasteiger partial charge in [-0.2, -0.15) is 0 Å². The van der Waals surface area contributed by atoms with E-state index in [4.69, 9.17) is 21.8 Å². The van der Waals surface area contributed by atoms with Crippen molar-refractivity contribution in [2.45, 2.75) is 5.60 Å². The van der Waals surface area contributed by atoms with Gasteiger partial charge in [-0.3, -0.25) is 9.98 Å². The van der Waals surface area contributed by atoms with E-state index < -0.39 is 17.5 Å². The number of hydrogen-bond donors (Lipinski definition) is 4. The van der Waals surface area contributed by atoms with Crippen LogP contribution in [0, 0.1) is 0 Å². The lowest BCUT2D eigenvalue weighted by atomic mass is 9.88. The second kappa shape index (κ2) is 9.63. The third-order valence-corrected chi connectivity index (χ3v) is 3.93. The van der Waals surface area contributed by atoms with Gasteiger partial charge in [0.15, 0.2) is 5.60 Å². The summed E-state index contributed by atoms with van der Waals surface area (Å²) in [6.07, 6.45) is 2.77. The topological polar surface area (TPSA) is 132 Å². The third kappa shape index (κ3) is 5.38. The monoisotopic (exact) mass is 403 g/mol. The number of aliphatic hydroxyl groups is 1. The number of nitrogens with one attached hydrogen (secondary N) is 1. The van der Waals surface area contributed by atoms with Crippen LogP contribution in [0.3, 0.4) is 0 Å². The van der Waals surface area contributed by atoms with Crippen LogP contribution in [0.4, 0.5) is 0 Å². The summed E-state index contributed by atoms with van der Waals surface area (Å²) in [6.45, 7) is 1.37. The summed E-state index contributed by atoms with van der Waals surface area (Å²) in [5, 5.41) is 30.6. The molecule has 1 aliphatic rings. The highest BCUT2D eigenvalue weighted by atomic mass is 35.5. The number of carbonyl (C=O) groups is 2. The zero-order valence-electron chi connectivity index (χ0n) is 14.6. The van der Waals surface area contributed by atoms with Gasteiger partial charge in [0, 0.05) is 29.9 Å². The molecule has 0 radical (unpaired) electrons. The van der Waals surface area contributed by atoms with Crippen molar-refractivity contribution in [1.82, 2.24) is 10.3 Å². The first-order chi connectivity index (χ1) is 13.3. The molecule has 3 rings (SSSR count). The number of amidine groups is 1. The number of carboxylic acid groups (broad SMARTS) is 2. The van der Waals surface area contributed by atoms with Crippen LogP contribution in [-0.4, -0.2) is 51.2 Å². The van der Waals surface area contributed by atoms with E-state index in [0.29, 0.717) is 40.8 Å². The molecule has 2 aromatic rings. The van der Waals surface area contributed by atoms with Crippen molar-refractivity contribution in [3.05, 3.63) is 77.1 Å². The van der Waals surface area contributed by atoms with Crippen molar-refractivity contribution in [3.8, 4) is 0 Å². The molecule has 8 nitrogen and oxygen atoms in total. The Morgan fingerprint density at radius 2 is 1.71 bits per heavy atom. The van der Waals surface area contributed by atoms with Gasteiger partial charge in [0.1, 0.15) is 5.84 Å². The van der Waals surface area contributed by atoms with Crippen molar-refractivity contribution in [1.29, 1.82) is 0 Å². The Labute approximate surface area is 165 Å². The van der Waals surface area contributed by atoms with E-state index in [1.807, 2.05) is 12.1 Å². The Hall–Kier alpha value is -3.23. The van der Waals surface area contributed by atoms with Gasteiger partial charge in [0.2, 0.25) is 0 Å². The van der Waals surface area contributed by atoms with Crippen molar-refractivity contribution < 1.29 is 24.9 Å². The van der Waals surface area contributed by atoms with Crippen LogP contribution in [0.1, 0.15) is 11.3 Å². The molecule has 0 aliphatic carbocycles. The Morgan fingerprint density at radius 3 is 2.18 bits per heavy atom. The quantitative estimate of drug-likeness (QED) is 0.558. The number of pyridine rings is 1. The predicted molar refractivity (Wildman–Crippen MR) is 103 cm³/mol. The normalized spacial score (nSPS) is 15.0. The maximum Gasteiger partial charge on any atom is 0.328 e. The van der Waals surface area contributed by atoms with Gasteiger partial charge in [-0.1, -0.05) is 29.8 Å². The largest absolute Gasteiger partial charge is 0.478 e. The van der Waals surface area contributed by atoms with Crippen LogP contribution < -0.4 is 5.32 Å². The molecule has 0 saturated carbocycles. The van der Waals surface area contributed by atoms with Crippen LogP contribution in [0.5, 0.6) is 0 Å². The number of aliphatic imine (C=N–C) groups is 1. The van der Waals surface area contributed by atoms with Gasteiger partial charge in [-0.15, -0.1) is 0 Å². The Balaban J connectivity index is 0.000000300. The number of aromatic nitrogens is 1. The Bertz CT molecular complexity index is 868. The van der Waals surface area contributed by atoms with E-state index in [2.05, 4.69) is 15.3 Å². The minimum atomic E-state index is -1.37. The molecule has 4 N–H and O–H groups in total. The lowest BCUT2D eigenvalue weighted by Gasteiger charge is -2.28. The minimum absolute atomic E-state index is 0.526. The standard InChI is InChI=1S/C15H14ClN3O.C4H4O4/c16-12-6-4-11(5-7-12)15(20,14-18-9-10-19-14)13-3-1-2-8-17-13;5-3(6)1-2-4(7)8/h1-8,20H,9-10H2,(H,18,19);1-2H,(H,5,6)(H,7,8)/b;2-1+. The molecule has 0 spiro atoms. The summed E-state index contributed by atoms with van der Waals surface area (Å²) in [5.41, 5.74) is -0.147. The average molecular weight is 404 g/mol. The summed E-state index contributed by atoms with van der Waals surface area (Å²) in [6, 6.07) is 12.5. The van der Waals surface area contributed by atoms with Gasteiger partial charge in [-0.25, -0.2) is 9.59 Å². The van der Waals surface area contributed by atoms with Gasteiger partial charge >= 0.3 is 11.9 Å². The number of benzene rings is 1. The van der Waals surface area contributed by atoms with E-state index in [-0.39, 0.29) is 0 Å². The third-order valence-electron chi connectivity index (χ3n) is 3.68. The second-order valence-electron chi connectivity index (χ2n) is 5.60. The molecule has 28 heavy (non-hydrogen) atoms. The molecule has 1 aromatic carbocycles. The van der Waals surface area contributed by atoms with E-state index in [1.54, 1.807) is 36.5 Å². The highest BCUT2D eigenvalue weighted by molar-refractivity contribution is 6.30. The van der Waals surface area contributed by atoms with Gasteiger partial charge in [-0.05, 0) is 29.8 Å². The molecule has 0 saturated heterocycles. The fraction of sp³-hybridized carbons (Fsp3) is 0.158. The molecular weight excluding hydrogens is 386 g/mol. The number of halogens is 1. The maximum absolute atomic E-state index is 11.2. The summed E-state index contributed by atoms with van der Waals surface area (Å²) in [5.74, 6) is -1.99. The van der Waals surface area contributed by atoms with Crippen molar-refractivity contribution >= 4 is 29.4 Å². The van der Waals surface area contributed by atoms with E-state index in [9.17, 15) is 14.7 Å². The number of aliphatic carboxylic acids is 2. The average Bonchev–Trinajstić information content (AvgIpc) is 3.23. The summed E-state index contributed by atoms with van der Waals surface area (Å²) in [7, 11) is 0. The highest BCUT2D eigenvalue weighted by Crippen LogP contribution is 2.30. The van der Waals surface area contributed by atoms with Crippen LogP contribution in [-0.2, 0) is 15.2 Å². The Kier molecular flexibility index (Phi) is 7.25. The number of hydrogen-bond acceptors (Lipinski definition) is 6. The van der Waals surface area contributed by atoms with Crippen LogP contribution in [0.25, 0.3) is 0 Å². The molecular formula is C19H18ClN3O5. The molecule has 0 fully saturated rings. The molecule has 146 valence electrons. The van der Waals surface area contributed by atoms with Crippen LogP contribution >= 0.6 is 11.6 Å². The summed E-state index contributed by atoms with van der Waals surface area (Å²) < 4.78 is 0. The van der Waals surface area contributed by atoms with Gasteiger partial charge in [0.25, 0.3) is 0 Å². The molecule has 0 amide bonds. The first-order valence-electron chi connectivity index (χ1n) is 8.16. The van der Waals surface area contributed by atoms with Gasteiger partial charge < -0.3 is 20.6 Å². The number of nitrogens with zero attached hydrogens (tertiary/aromatic N) is 2. The predicted octanol–water partition coefficient (Wildman–Crippen LogP) is 1.68. The molecule has 2 heterocycles. The zero-order valence-corrected chi connectivity index (χ0v) is 15.4. The van der Waals surface area contributed by atoms with E-state index >= 15 is 0 Å². The first kappa shape index (κ1) is 21.1. The lowest BCUT2D eigenvalue weighted by molar-refractivity contribution is -0.134. The van der Waals surface area contributed by atoms with E-state index in [1.165, 1.54) is 0 Å². The Morgan fingerprint density at radius 1 is 1.07 bits per heavy atom. The SMILES string of the molecule is O=C(O)/C=C/C(=O)O.OC(C1=NCCN1)(c1ccc(Cl)cc1)c1ccccn1. The summed E-state index contributed by atoms with van der Waals surface area (Å²) in [4.78, 5) is 27.8. The smallest absolute Gasteiger partial charge is 0.328 e. The molecule has 1 atom stereocenters. The van der Waals surface area contributed by atoms with Crippen molar-refractivity contribution in [3.63, 3.8) is 0 Å². The molecule has 0 bridgehead atoms. The highest BCUT2D eigenvalue weighted by Gasteiger charge is 2.40. The van der Waals surface area contributed by atoms with Crippen molar-refractivity contribution in [2.24, 2.45) is 4.99 Å². The van der Waals surface area contributed by atoms with Crippen LogP contribution in [0.15, 0.2) is 65.8 Å². The second-order valence-corrected chi connectivity index (χ2v) is 6.04. The summed E-state index contributed by atoms with van der Waals surface area (Å²) >= 11 is 5.92. The fourth-order valence-corrected chi connectivity index (χ4v) is 2.58. The van der Waals surface area contributed by atoms with Gasteiger partial charge in [0.05, 0.1) is 12.2 Å². The van der Waals surface area contributed by atoms with E-state index in [0.717, 1.165) is 6.54 Å². The van der Waals surface area contributed by atoms with Crippen LogP contribution in [0.2, 0.25) is 5.02 Å². The lowest BCUT2D eigenvalue weighted by Crippen LogP contribution is -2.44. The molecule has 9 heteroatoms. The molecule has 1 aliphatic heterocycles. The number of rotatable bonds is 5. The fourth-order valence-electron chi connectivity index (χ4n) is 2.46. The zero-order chi connectivity index (χ0) is 20.6. The maximum atomic E-state index is 11.2. The van der Waals surface area contributed by atoms with Crippen molar-refractivity contribution in [2.75, 3.05) is 13.1 Å². The first-order valence-corrected chi connectivity index (χ1v) is 8.54. The molecule has 1 aromatic heterocycles. The minimum Gasteiger partial charge on any atom is -0.478 e.